The van der Waals surface area contributed by atoms with E-state index in [2.05, 4.69) is 22.2 Å². The van der Waals surface area contributed by atoms with Gasteiger partial charge in [-0.05, 0) is 31.3 Å². The molecule has 0 unspecified atom stereocenters. The van der Waals surface area contributed by atoms with E-state index in [4.69, 9.17) is 0 Å². The van der Waals surface area contributed by atoms with E-state index in [9.17, 15) is 14.4 Å². The highest BCUT2D eigenvalue weighted by molar-refractivity contribution is 6.22. The molecule has 7 nitrogen and oxygen atoms in total. The van der Waals surface area contributed by atoms with Crippen molar-refractivity contribution in [2.45, 2.75) is 0 Å². The second kappa shape index (κ2) is 7.44. The summed E-state index contributed by atoms with van der Waals surface area (Å²) in [5.41, 5.74) is 2.33. The van der Waals surface area contributed by atoms with Crippen LogP contribution in [0, 0.1) is 0 Å². The first-order valence-corrected chi connectivity index (χ1v) is 9.32. The van der Waals surface area contributed by atoms with Gasteiger partial charge < -0.3 is 15.1 Å². The number of nitrogens with zero attached hydrogens (tertiary/aromatic N) is 3. The standard InChI is InChI=1S/C21H22N4O3/c1-23-10-12-24(13-11-23)18-9-5-4-8-17(18)22-19(26)14-25-20(27)15-6-2-3-7-16(15)21(25)28/h2-9H,10-14H2,1H3,(H,22,26). The Kier molecular flexibility index (Phi) is 4.83. The Morgan fingerprint density at radius 3 is 2.11 bits per heavy atom. The topological polar surface area (TPSA) is 73.0 Å². The van der Waals surface area contributed by atoms with Crippen LogP contribution in [0.5, 0.6) is 0 Å². The van der Waals surface area contributed by atoms with Crippen molar-refractivity contribution in [2.75, 3.05) is 50.0 Å². The lowest BCUT2D eigenvalue weighted by Gasteiger charge is -2.35. The number of hydrogen-bond acceptors (Lipinski definition) is 5. The molecule has 4 rings (SSSR count). The van der Waals surface area contributed by atoms with E-state index in [1.807, 2.05) is 24.3 Å². The zero-order chi connectivity index (χ0) is 19.7. The van der Waals surface area contributed by atoms with E-state index >= 15 is 0 Å². The number of hydrogen-bond donors (Lipinski definition) is 1. The van der Waals surface area contributed by atoms with Crippen LogP contribution in [-0.4, -0.2) is 67.3 Å². The average Bonchev–Trinajstić information content (AvgIpc) is 2.94. The zero-order valence-electron chi connectivity index (χ0n) is 15.7. The van der Waals surface area contributed by atoms with Crippen LogP contribution in [0.15, 0.2) is 48.5 Å². The number of anilines is 2. The molecule has 2 aromatic carbocycles. The number of nitrogens with one attached hydrogen (secondary N) is 1. The van der Waals surface area contributed by atoms with Crippen LogP contribution in [0.4, 0.5) is 11.4 Å². The third-order valence-electron chi connectivity index (χ3n) is 5.20. The third-order valence-corrected chi connectivity index (χ3v) is 5.20. The fraction of sp³-hybridized carbons (Fsp3) is 0.286. The average molecular weight is 378 g/mol. The molecule has 0 bridgehead atoms. The fourth-order valence-electron chi connectivity index (χ4n) is 3.62. The molecule has 2 aromatic rings. The van der Waals surface area contributed by atoms with Crippen LogP contribution in [0.3, 0.4) is 0 Å². The molecule has 28 heavy (non-hydrogen) atoms. The van der Waals surface area contributed by atoms with Gasteiger partial charge in [0.25, 0.3) is 11.8 Å². The van der Waals surface area contributed by atoms with E-state index < -0.39 is 17.7 Å². The van der Waals surface area contributed by atoms with Gasteiger partial charge in [-0.15, -0.1) is 0 Å². The van der Waals surface area contributed by atoms with Crippen molar-refractivity contribution in [3.05, 3.63) is 59.7 Å². The highest BCUT2D eigenvalue weighted by Crippen LogP contribution is 2.27. The lowest BCUT2D eigenvalue weighted by Crippen LogP contribution is -2.45. The second-order valence-electron chi connectivity index (χ2n) is 7.10. The van der Waals surface area contributed by atoms with E-state index in [0.717, 1.165) is 36.8 Å². The Hall–Kier alpha value is -3.19. The lowest BCUT2D eigenvalue weighted by atomic mass is 10.1. The van der Waals surface area contributed by atoms with Gasteiger partial charge >= 0.3 is 0 Å². The molecule has 2 heterocycles. The van der Waals surface area contributed by atoms with Gasteiger partial charge in [-0.25, -0.2) is 0 Å². The molecule has 0 aromatic heterocycles. The minimum atomic E-state index is -0.428. The maximum absolute atomic E-state index is 12.6. The molecule has 1 saturated heterocycles. The zero-order valence-corrected chi connectivity index (χ0v) is 15.7. The Labute approximate surface area is 163 Å². The predicted octanol–water partition coefficient (Wildman–Crippen LogP) is 1.67. The number of amides is 3. The Balaban J connectivity index is 1.47. The molecule has 3 amide bonds. The monoisotopic (exact) mass is 378 g/mol. The summed E-state index contributed by atoms with van der Waals surface area (Å²) in [6.07, 6.45) is 0. The molecule has 0 saturated carbocycles. The number of rotatable bonds is 4. The minimum absolute atomic E-state index is 0.302. The Bertz CT molecular complexity index is 900. The molecule has 2 aliphatic heterocycles. The molecule has 1 N–H and O–H groups in total. The van der Waals surface area contributed by atoms with E-state index in [1.165, 1.54) is 0 Å². The Morgan fingerprint density at radius 1 is 0.893 bits per heavy atom. The first-order chi connectivity index (χ1) is 13.5. The van der Waals surface area contributed by atoms with Crippen molar-refractivity contribution in [3.8, 4) is 0 Å². The summed E-state index contributed by atoms with van der Waals surface area (Å²) in [5, 5.41) is 2.87. The molecule has 7 heteroatoms. The summed E-state index contributed by atoms with van der Waals surface area (Å²) in [7, 11) is 2.09. The number of fused-ring (bicyclic) bond motifs is 1. The largest absolute Gasteiger partial charge is 0.367 e. The van der Waals surface area contributed by atoms with Gasteiger partial charge in [-0.2, -0.15) is 0 Å². The van der Waals surface area contributed by atoms with Crippen LogP contribution in [-0.2, 0) is 4.79 Å². The fourth-order valence-corrected chi connectivity index (χ4v) is 3.62. The predicted molar refractivity (Wildman–Crippen MR) is 107 cm³/mol. The number of carbonyl (C=O) groups excluding carboxylic acids is 3. The first kappa shape index (κ1) is 18.2. The molecule has 144 valence electrons. The van der Waals surface area contributed by atoms with Gasteiger partial charge in [0.05, 0.1) is 22.5 Å². The van der Waals surface area contributed by atoms with E-state index in [1.54, 1.807) is 24.3 Å². The van der Waals surface area contributed by atoms with Crippen molar-refractivity contribution >= 4 is 29.1 Å². The van der Waals surface area contributed by atoms with Gasteiger partial charge in [-0.3, -0.25) is 19.3 Å². The van der Waals surface area contributed by atoms with Crippen molar-refractivity contribution in [3.63, 3.8) is 0 Å². The molecular weight excluding hydrogens is 356 g/mol. The molecule has 0 atom stereocenters. The smallest absolute Gasteiger partial charge is 0.262 e. The second-order valence-corrected chi connectivity index (χ2v) is 7.10. The molecule has 1 fully saturated rings. The maximum Gasteiger partial charge on any atom is 0.262 e. The van der Waals surface area contributed by atoms with Crippen LogP contribution < -0.4 is 10.2 Å². The summed E-state index contributed by atoms with van der Waals surface area (Å²) in [5.74, 6) is -1.25. The molecular formula is C21H22N4O3. The van der Waals surface area contributed by atoms with Gasteiger partial charge in [0.2, 0.25) is 5.91 Å². The van der Waals surface area contributed by atoms with Crippen LogP contribution in [0.1, 0.15) is 20.7 Å². The number of para-hydroxylation sites is 2. The number of piperazine rings is 1. The third kappa shape index (κ3) is 3.36. The summed E-state index contributed by atoms with van der Waals surface area (Å²) >= 11 is 0. The molecule has 2 aliphatic rings. The number of carbonyl (C=O) groups is 3. The van der Waals surface area contributed by atoms with E-state index in [0.29, 0.717) is 16.8 Å². The SMILES string of the molecule is CN1CCN(c2ccccc2NC(=O)CN2C(=O)c3ccccc3C2=O)CC1. The van der Waals surface area contributed by atoms with Gasteiger partial charge in [0.1, 0.15) is 6.54 Å². The summed E-state index contributed by atoms with van der Waals surface area (Å²) in [6, 6.07) is 14.2. The number of benzene rings is 2. The summed E-state index contributed by atoms with van der Waals surface area (Å²) in [6.45, 7) is 3.36. The molecule has 0 spiro atoms. The van der Waals surface area contributed by atoms with Crippen LogP contribution >= 0.6 is 0 Å². The summed E-state index contributed by atoms with van der Waals surface area (Å²) in [4.78, 5) is 43.0. The highest BCUT2D eigenvalue weighted by Gasteiger charge is 2.36. The maximum atomic E-state index is 12.6. The normalized spacial score (nSPS) is 17.0. The molecule has 0 aliphatic carbocycles. The van der Waals surface area contributed by atoms with Crippen molar-refractivity contribution in [2.24, 2.45) is 0 Å². The van der Waals surface area contributed by atoms with Crippen molar-refractivity contribution in [1.82, 2.24) is 9.80 Å². The van der Waals surface area contributed by atoms with Crippen molar-refractivity contribution < 1.29 is 14.4 Å². The van der Waals surface area contributed by atoms with Gasteiger partial charge in [0, 0.05) is 26.2 Å². The summed E-state index contributed by atoms with van der Waals surface area (Å²) < 4.78 is 0. The minimum Gasteiger partial charge on any atom is -0.367 e. The van der Waals surface area contributed by atoms with Crippen LogP contribution in [0.2, 0.25) is 0 Å². The number of likely N-dealkylation sites (N-methyl/N-ethyl adjacent to an activating group) is 1. The van der Waals surface area contributed by atoms with Crippen LogP contribution in [0.25, 0.3) is 0 Å². The van der Waals surface area contributed by atoms with Gasteiger partial charge in [0.15, 0.2) is 0 Å². The Morgan fingerprint density at radius 2 is 1.46 bits per heavy atom. The van der Waals surface area contributed by atoms with Crippen molar-refractivity contribution in [1.29, 1.82) is 0 Å². The lowest BCUT2D eigenvalue weighted by molar-refractivity contribution is -0.116. The highest BCUT2D eigenvalue weighted by atomic mass is 16.2. The quantitative estimate of drug-likeness (QED) is 0.820. The van der Waals surface area contributed by atoms with E-state index in [-0.39, 0.29) is 6.54 Å². The number of imide groups is 1. The first-order valence-electron chi connectivity index (χ1n) is 9.32. The van der Waals surface area contributed by atoms with Gasteiger partial charge in [-0.1, -0.05) is 24.3 Å². The molecule has 0 radical (unpaired) electrons.